The van der Waals surface area contributed by atoms with Crippen LogP contribution in [0, 0.1) is 0 Å². The van der Waals surface area contributed by atoms with Gasteiger partial charge in [0.1, 0.15) is 0 Å². The van der Waals surface area contributed by atoms with Gasteiger partial charge in [-0.1, -0.05) is 6.58 Å². The van der Waals surface area contributed by atoms with Gasteiger partial charge in [-0.15, -0.1) is 0 Å². The lowest BCUT2D eigenvalue weighted by atomic mass is 10.5. The second kappa shape index (κ2) is 4.40. The zero-order chi connectivity index (χ0) is 10.6. The first-order valence-electron chi connectivity index (χ1n) is 4.03. The Morgan fingerprint density at radius 3 is 2.93 bits per heavy atom. The van der Waals surface area contributed by atoms with Crippen molar-refractivity contribution < 1.29 is 9.32 Å². The van der Waals surface area contributed by atoms with Crippen LogP contribution in [0.25, 0.3) is 0 Å². The second-order valence-corrected chi connectivity index (χ2v) is 2.80. The lowest BCUT2D eigenvalue weighted by Crippen LogP contribution is -2.20. The average Bonchev–Trinajstić information content (AvgIpc) is 2.62. The van der Waals surface area contributed by atoms with Crippen LogP contribution in [0.2, 0.25) is 0 Å². The maximum atomic E-state index is 10.8. The summed E-state index contributed by atoms with van der Waals surface area (Å²) in [7, 11) is 3.61. The highest BCUT2D eigenvalue weighted by molar-refractivity contribution is 5.86. The molecule has 0 radical (unpaired) electrons. The van der Waals surface area contributed by atoms with E-state index >= 15 is 0 Å². The van der Waals surface area contributed by atoms with E-state index in [0.717, 1.165) is 0 Å². The summed E-state index contributed by atoms with van der Waals surface area (Å²) in [5.41, 5.74) is 0. The summed E-state index contributed by atoms with van der Waals surface area (Å²) in [6.45, 7) is 3.53. The molecule has 0 saturated heterocycles. The summed E-state index contributed by atoms with van der Waals surface area (Å²) >= 11 is 0. The summed E-state index contributed by atoms with van der Waals surface area (Å²) in [6, 6.07) is 0. The number of carbonyl (C=O) groups is 1. The summed E-state index contributed by atoms with van der Waals surface area (Å²) in [5.74, 6) is 0.575. The number of amides is 1. The number of rotatable bonds is 4. The van der Waals surface area contributed by atoms with E-state index in [0.29, 0.717) is 11.8 Å². The van der Waals surface area contributed by atoms with Crippen LogP contribution in [0.3, 0.4) is 0 Å². The van der Waals surface area contributed by atoms with Crippen LogP contribution >= 0.6 is 0 Å². The summed E-state index contributed by atoms with van der Waals surface area (Å²) in [4.78, 5) is 16.5. The van der Waals surface area contributed by atoms with Gasteiger partial charge >= 0.3 is 0 Å². The number of nitrogens with one attached hydrogen (secondary N) is 1. The van der Waals surface area contributed by atoms with E-state index in [1.54, 1.807) is 19.0 Å². The molecule has 1 aromatic rings. The standard InChI is InChI=1S/C8H12N4O2/c1-4-6(13)9-5-7-10-8(11-14-7)12(2)3/h4H,1,5H2,2-3H3,(H,9,13). The van der Waals surface area contributed by atoms with E-state index in [9.17, 15) is 4.79 Å². The first-order valence-corrected chi connectivity index (χ1v) is 4.03. The molecule has 6 heteroatoms. The molecule has 0 aliphatic carbocycles. The third-order valence-corrected chi connectivity index (χ3v) is 1.46. The third-order valence-electron chi connectivity index (χ3n) is 1.46. The number of aromatic nitrogens is 2. The first kappa shape index (κ1) is 10.2. The molecule has 0 aromatic carbocycles. The van der Waals surface area contributed by atoms with Gasteiger partial charge in [0.15, 0.2) is 0 Å². The minimum atomic E-state index is -0.269. The van der Waals surface area contributed by atoms with Gasteiger partial charge < -0.3 is 14.7 Å². The summed E-state index contributed by atoms with van der Waals surface area (Å²) in [5, 5.41) is 6.21. The molecule has 0 spiro atoms. The highest BCUT2D eigenvalue weighted by Crippen LogP contribution is 2.04. The van der Waals surface area contributed by atoms with Gasteiger partial charge in [0.05, 0.1) is 6.54 Å². The van der Waals surface area contributed by atoms with Gasteiger partial charge in [-0.25, -0.2) is 0 Å². The highest BCUT2D eigenvalue weighted by atomic mass is 16.5. The molecule has 1 rings (SSSR count). The van der Waals surface area contributed by atoms with Crippen molar-refractivity contribution in [3.05, 3.63) is 18.5 Å². The number of anilines is 1. The van der Waals surface area contributed by atoms with Crippen molar-refractivity contribution in [1.82, 2.24) is 15.5 Å². The van der Waals surface area contributed by atoms with E-state index < -0.39 is 0 Å². The molecular formula is C8H12N4O2. The minimum Gasteiger partial charge on any atom is -0.344 e. The van der Waals surface area contributed by atoms with Gasteiger partial charge in [0.2, 0.25) is 11.8 Å². The molecule has 0 unspecified atom stereocenters. The van der Waals surface area contributed by atoms with Crippen molar-refractivity contribution in [3.63, 3.8) is 0 Å². The van der Waals surface area contributed by atoms with E-state index in [2.05, 4.69) is 22.0 Å². The molecule has 6 nitrogen and oxygen atoms in total. The first-order chi connectivity index (χ1) is 6.63. The van der Waals surface area contributed by atoms with Gasteiger partial charge in [0, 0.05) is 14.1 Å². The lowest BCUT2D eigenvalue weighted by molar-refractivity contribution is -0.116. The zero-order valence-corrected chi connectivity index (χ0v) is 8.15. The van der Waals surface area contributed by atoms with Crippen molar-refractivity contribution in [3.8, 4) is 0 Å². The molecule has 76 valence electrons. The number of carbonyl (C=O) groups excluding carboxylic acids is 1. The monoisotopic (exact) mass is 196 g/mol. The fourth-order valence-electron chi connectivity index (χ4n) is 0.734. The molecule has 0 aliphatic rings. The molecule has 0 bridgehead atoms. The van der Waals surface area contributed by atoms with Crippen LogP contribution in [0.15, 0.2) is 17.2 Å². The smallest absolute Gasteiger partial charge is 0.265 e. The summed E-state index contributed by atoms with van der Waals surface area (Å²) in [6.07, 6.45) is 1.18. The molecule has 0 aliphatic heterocycles. The van der Waals surface area contributed by atoms with Crippen LogP contribution in [0.4, 0.5) is 5.95 Å². The molecule has 1 heterocycles. The van der Waals surface area contributed by atoms with Crippen molar-refractivity contribution >= 4 is 11.9 Å². The molecule has 1 amide bonds. The number of nitrogens with zero attached hydrogens (tertiary/aromatic N) is 3. The van der Waals surface area contributed by atoms with Gasteiger partial charge in [-0.2, -0.15) is 4.98 Å². The fraction of sp³-hybridized carbons (Fsp3) is 0.375. The topological polar surface area (TPSA) is 71.3 Å². The zero-order valence-electron chi connectivity index (χ0n) is 8.15. The Hall–Kier alpha value is -1.85. The normalized spacial score (nSPS) is 9.57. The Morgan fingerprint density at radius 1 is 1.71 bits per heavy atom. The van der Waals surface area contributed by atoms with E-state index in [1.165, 1.54) is 6.08 Å². The molecule has 0 atom stereocenters. The maximum Gasteiger partial charge on any atom is 0.265 e. The van der Waals surface area contributed by atoms with Crippen molar-refractivity contribution in [1.29, 1.82) is 0 Å². The van der Waals surface area contributed by atoms with Gasteiger partial charge in [-0.05, 0) is 11.2 Å². The molecule has 1 N–H and O–H groups in total. The van der Waals surface area contributed by atoms with Crippen molar-refractivity contribution in [2.24, 2.45) is 0 Å². The predicted molar refractivity (Wildman–Crippen MR) is 50.7 cm³/mol. The molecular weight excluding hydrogens is 184 g/mol. The largest absolute Gasteiger partial charge is 0.344 e. The van der Waals surface area contributed by atoms with E-state index in [1.807, 2.05) is 0 Å². The van der Waals surface area contributed by atoms with Crippen LogP contribution in [-0.2, 0) is 11.3 Å². The Morgan fingerprint density at radius 2 is 2.43 bits per heavy atom. The Kier molecular flexibility index (Phi) is 3.22. The number of hydrogen-bond acceptors (Lipinski definition) is 5. The maximum absolute atomic E-state index is 10.8. The van der Waals surface area contributed by atoms with Crippen LogP contribution < -0.4 is 10.2 Å². The molecule has 14 heavy (non-hydrogen) atoms. The van der Waals surface area contributed by atoms with E-state index in [-0.39, 0.29) is 12.5 Å². The Balaban J connectivity index is 2.51. The van der Waals surface area contributed by atoms with E-state index in [4.69, 9.17) is 4.52 Å². The molecule has 0 fully saturated rings. The predicted octanol–water partition coefficient (Wildman–Crippen LogP) is -0.0622. The number of hydrogen-bond donors (Lipinski definition) is 1. The fourth-order valence-corrected chi connectivity index (χ4v) is 0.734. The Labute approximate surface area is 81.6 Å². The minimum absolute atomic E-state index is 0.214. The average molecular weight is 196 g/mol. The third kappa shape index (κ3) is 2.58. The van der Waals surface area contributed by atoms with Gasteiger partial charge in [-0.3, -0.25) is 4.79 Å². The lowest BCUT2D eigenvalue weighted by Gasteiger charge is -2.02. The van der Waals surface area contributed by atoms with Crippen molar-refractivity contribution in [2.75, 3.05) is 19.0 Å². The molecule has 0 saturated carbocycles. The highest BCUT2D eigenvalue weighted by Gasteiger charge is 2.07. The SMILES string of the molecule is C=CC(=O)NCc1nc(N(C)C)no1. The van der Waals surface area contributed by atoms with Crippen LogP contribution in [0.5, 0.6) is 0 Å². The van der Waals surface area contributed by atoms with Gasteiger partial charge in [0.25, 0.3) is 5.95 Å². The van der Waals surface area contributed by atoms with Crippen LogP contribution in [-0.4, -0.2) is 30.1 Å². The van der Waals surface area contributed by atoms with Crippen molar-refractivity contribution in [2.45, 2.75) is 6.54 Å². The Bertz CT molecular complexity index is 332. The second-order valence-electron chi connectivity index (χ2n) is 2.80. The van der Waals surface area contributed by atoms with Crippen LogP contribution in [0.1, 0.15) is 5.89 Å². The molecule has 1 aromatic heterocycles. The summed E-state index contributed by atoms with van der Waals surface area (Å²) < 4.78 is 4.87. The quantitative estimate of drug-likeness (QED) is 0.683.